The van der Waals surface area contributed by atoms with E-state index in [1.165, 1.54) is 12.1 Å². The molecule has 3 nitrogen and oxygen atoms in total. The van der Waals surface area contributed by atoms with E-state index in [-0.39, 0.29) is 17.4 Å². The van der Waals surface area contributed by atoms with E-state index in [1.54, 1.807) is 37.5 Å². The standard InChI is InChI=1S/C15H10FNO2/c1-9-12-3-2-11(16)8-13(12)19-15(9)14(18)10-4-6-17-7-5-10/h2-8H,1H3. The topological polar surface area (TPSA) is 43.1 Å². The summed E-state index contributed by atoms with van der Waals surface area (Å²) >= 11 is 0. The molecule has 0 aliphatic rings. The zero-order valence-corrected chi connectivity index (χ0v) is 10.2. The van der Waals surface area contributed by atoms with Gasteiger partial charge in [0.15, 0.2) is 5.76 Å². The van der Waals surface area contributed by atoms with E-state index in [9.17, 15) is 9.18 Å². The number of aromatic nitrogens is 1. The summed E-state index contributed by atoms with van der Waals surface area (Å²) in [6.07, 6.45) is 3.09. The molecule has 3 rings (SSSR count). The zero-order valence-electron chi connectivity index (χ0n) is 10.2. The Labute approximate surface area is 108 Å². The Morgan fingerprint density at radius 1 is 1.21 bits per heavy atom. The maximum atomic E-state index is 13.1. The van der Waals surface area contributed by atoms with Crippen LogP contribution in [0.15, 0.2) is 47.1 Å². The van der Waals surface area contributed by atoms with Crippen LogP contribution in [0.5, 0.6) is 0 Å². The van der Waals surface area contributed by atoms with Crippen LogP contribution >= 0.6 is 0 Å². The Morgan fingerprint density at radius 3 is 2.68 bits per heavy atom. The van der Waals surface area contributed by atoms with Gasteiger partial charge in [-0.2, -0.15) is 0 Å². The van der Waals surface area contributed by atoms with Crippen LogP contribution in [0.2, 0.25) is 0 Å². The monoisotopic (exact) mass is 255 g/mol. The first kappa shape index (κ1) is 11.6. The fourth-order valence-corrected chi connectivity index (χ4v) is 2.05. The molecule has 0 aliphatic carbocycles. The van der Waals surface area contributed by atoms with E-state index >= 15 is 0 Å². The van der Waals surface area contributed by atoms with E-state index in [4.69, 9.17) is 4.42 Å². The van der Waals surface area contributed by atoms with Crippen LogP contribution in [0.3, 0.4) is 0 Å². The summed E-state index contributed by atoms with van der Waals surface area (Å²) in [5.41, 5.74) is 1.60. The van der Waals surface area contributed by atoms with Crippen molar-refractivity contribution in [2.45, 2.75) is 6.92 Å². The van der Waals surface area contributed by atoms with Gasteiger partial charge in [-0.05, 0) is 31.2 Å². The van der Waals surface area contributed by atoms with Crippen molar-refractivity contribution in [1.29, 1.82) is 0 Å². The fourth-order valence-electron chi connectivity index (χ4n) is 2.05. The lowest BCUT2D eigenvalue weighted by Gasteiger charge is -1.97. The lowest BCUT2D eigenvalue weighted by molar-refractivity contribution is 0.101. The van der Waals surface area contributed by atoms with Crippen molar-refractivity contribution in [2.24, 2.45) is 0 Å². The maximum Gasteiger partial charge on any atom is 0.228 e. The molecule has 0 atom stereocenters. The lowest BCUT2D eigenvalue weighted by atomic mass is 10.1. The fraction of sp³-hybridized carbons (Fsp3) is 0.0667. The molecule has 2 heterocycles. The van der Waals surface area contributed by atoms with Crippen LogP contribution < -0.4 is 0 Å². The van der Waals surface area contributed by atoms with Gasteiger partial charge >= 0.3 is 0 Å². The number of nitrogens with zero attached hydrogens (tertiary/aromatic N) is 1. The Bertz CT molecular complexity index is 762. The number of carbonyl (C=O) groups excluding carboxylic acids is 1. The van der Waals surface area contributed by atoms with Gasteiger partial charge in [-0.25, -0.2) is 4.39 Å². The SMILES string of the molecule is Cc1c(C(=O)c2ccncc2)oc2cc(F)ccc12. The molecule has 0 amide bonds. The summed E-state index contributed by atoms with van der Waals surface area (Å²) in [4.78, 5) is 16.2. The van der Waals surface area contributed by atoms with E-state index < -0.39 is 0 Å². The molecule has 0 bridgehead atoms. The Morgan fingerprint density at radius 2 is 1.95 bits per heavy atom. The lowest BCUT2D eigenvalue weighted by Crippen LogP contribution is -2.01. The number of furan rings is 1. The van der Waals surface area contributed by atoms with Crippen LogP contribution in [0.4, 0.5) is 4.39 Å². The van der Waals surface area contributed by atoms with E-state index in [0.717, 1.165) is 10.9 Å². The predicted molar refractivity (Wildman–Crippen MR) is 68.6 cm³/mol. The van der Waals surface area contributed by atoms with Gasteiger partial charge in [0.2, 0.25) is 5.78 Å². The summed E-state index contributed by atoms with van der Waals surface area (Å²) in [5.74, 6) is -0.368. The third-order valence-electron chi connectivity index (χ3n) is 3.05. The maximum absolute atomic E-state index is 13.1. The summed E-state index contributed by atoms with van der Waals surface area (Å²) in [6.45, 7) is 1.79. The number of rotatable bonds is 2. The first-order valence-electron chi connectivity index (χ1n) is 5.80. The first-order valence-corrected chi connectivity index (χ1v) is 5.80. The number of halogens is 1. The molecule has 0 radical (unpaired) electrons. The number of benzene rings is 1. The third-order valence-corrected chi connectivity index (χ3v) is 3.05. The average Bonchev–Trinajstić information content (AvgIpc) is 2.75. The van der Waals surface area contributed by atoms with Crippen LogP contribution in [-0.2, 0) is 0 Å². The molecular weight excluding hydrogens is 245 g/mol. The molecule has 2 aromatic heterocycles. The van der Waals surface area contributed by atoms with Gasteiger partial charge < -0.3 is 4.42 Å². The highest BCUT2D eigenvalue weighted by Crippen LogP contribution is 2.27. The van der Waals surface area contributed by atoms with Crippen LogP contribution in [-0.4, -0.2) is 10.8 Å². The molecule has 1 aromatic carbocycles. The molecule has 0 fully saturated rings. The molecule has 0 unspecified atom stereocenters. The number of carbonyl (C=O) groups is 1. The minimum absolute atomic E-state index is 0.225. The van der Waals surface area contributed by atoms with E-state index in [1.807, 2.05) is 0 Å². The summed E-state index contributed by atoms with van der Waals surface area (Å²) in [7, 11) is 0. The van der Waals surface area contributed by atoms with Crippen molar-refractivity contribution in [1.82, 2.24) is 4.98 Å². The normalized spacial score (nSPS) is 10.8. The third kappa shape index (κ3) is 1.91. The number of fused-ring (bicyclic) bond motifs is 1. The predicted octanol–water partition coefficient (Wildman–Crippen LogP) is 3.51. The Balaban J connectivity index is 2.16. The Hall–Kier alpha value is -2.49. The minimum Gasteiger partial charge on any atom is -0.452 e. The number of hydrogen-bond donors (Lipinski definition) is 0. The van der Waals surface area contributed by atoms with Gasteiger partial charge in [-0.15, -0.1) is 0 Å². The molecule has 0 aliphatic heterocycles. The van der Waals surface area contributed by atoms with Gasteiger partial charge in [0, 0.05) is 35.0 Å². The second-order valence-electron chi connectivity index (χ2n) is 4.26. The molecule has 94 valence electrons. The van der Waals surface area contributed by atoms with Crippen LogP contribution in [0.25, 0.3) is 11.0 Å². The molecule has 3 aromatic rings. The first-order chi connectivity index (χ1) is 9.16. The molecule has 4 heteroatoms. The molecule has 0 spiro atoms. The summed E-state index contributed by atoms with van der Waals surface area (Å²) in [6, 6.07) is 7.50. The van der Waals surface area contributed by atoms with E-state index in [2.05, 4.69) is 4.98 Å². The number of pyridine rings is 1. The van der Waals surface area contributed by atoms with Gasteiger partial charge in [0.05, 0.1) is 0 Å². The highest BCUT2D eigenvalue weighted by atomic mass is 19.1. The number of ketones is 1. The van der Waals surface area contributed by atoms with Crippen molar-refractivity contribution in [3.63, 3.8) is 0 Å². The van der Waals surface area contributed by atoms with Crippen LogP contribution in [0.1, 0.15) is 21.7 Å². The van der Waals surface area contributed by atoms with Crippen molar-refractivity contribution in [3.8, 4) is 0 Å². The quantitative estimate of drug-likeness (QED) is 0.658. The second-order valence-corrected chi connectivity index (χ2v) is 4.26. The van der Waals surface area contributed by atoms with Crippen LogP contribution in [0, 0.1) is 12.7 Å². The van der Waals surface area contributed by atoms with Crippen molar-refractivity contribution >= 4 is 16.8 Å². The summed E-state index contributed by atoms with van der Waals surface area (Å²) < 4.78 is 18.6. The molecule has 0 N–H and O–H groups in total. The van der Waals surface area contributed by atoms with Gasteiger partial charge in [-0.3, -0.25) is 9.78 Å². The largest absolute Gasteiger partial charge is 0.452 e. The number of aryl methyl sites for hydroxylation is 1. The van der Waals surface area contributed by atoms with Gasteiger partial charge in [-0.1, -0.05) is 0 Å². The highest BCUT2D eigenvalue weighted by Gasteiger charge is 2.19. The molecule has 19 heavy (non-hydrogen) atoms. The summed E-state index contributed by atoms with van der Waals surface area (Å²) in [5, 5.41) is 0.749. The zero-order chi connectivity index (χ0) is 13.4. The molecule has 0 saturated heterocycles. The van der Waals surface area contributed by atoms with Crippen molar-refractivity contribution in [3.05, 3.63) is 65.4 Å². The molecular formula is C15H10FNO2. The van der Waals surface area contributed by atoms with Gasteiger partial charge in [0.25, 0.3) is 0 Å². The average molecular weight is 255 g/mol. The second kappa shape index (κ2) is 4.31. The van der Waals surface area contributed by atoms with E-state index in [0.29, 0.717) is 11.1 Å². The van der Waals surface area contributed by atoms with Crippen molar-refractivity contribution in [2.75, 3.05) is 0 Å². The Kier molecular flexibility index (Phi) is 2.63. The van der Waals surface area contributed by atoms with Gasteiger partial charge in [0.1, 0.15) is 11.4 Å². The number of hydrogen-bond acceptors (Lipinski definition) is 3. The van der Waals surface area contributed by atoms with Crippen molar-refractivity contribution < 1.29 is 13.6 Å². The smallest absolute Gasteiger partial charge is 0.228 e. The minimum atomic E-state index is -0.385. The highest BCUT2D eigenvalue weighted by molar-refractivity contribution is 6.10. The molecule has 0 saturated carbocycles.